The molecule has 3 N–H and O–H groups in total. The van der Waals surface area contributed by atoms with Crippen LogP contribution in [-0.2, 0) is 11.2 Å². The zero-order valence-electron chi connectivity index (χ0n) is 25.4. The number of ether oxygens (including phenoxy) is 1. The predicted octanol–water partition coefficient (Wildman–Crippen LogP) is 8.05. The largest absolute Gasteiger partial charge is 0.507 e. The Hall–Kier alpha value is -5.04. The topological polar surface area (TPSA) is 132 Å². The van der Waals surface area contributed by atoms with Gasteiger partial charge in [0.25, 0.3) is 0 Å². The molecule has 1 aromatic heterocycles. The smallest absolute Gasteiger partial charge is 0.200 e. The van der Waals surface area contributed by atoms with Crippen LogP contribution in [0.1, 0.15) is 55.7 Å². The Bertz CT molecular complexity index is 1860. The zero-order valence-corrected chi connectivity index (χ0v) is 26.1. The molecule has 4 aromatic rings. The highest BCUT2D eigenvalue weighted by atomic mass is 35.5. The number of methoxy groups -OCH3 is 1. The van der Waals surface area contributed by atoms with Crippen molar-refractivity contribution in [1.29, 1.82) is 5.26 Å². The van der Waals surface area contributed by atoms with Gasteiger partial charge in [0.05, 0.1) is 21.7 Å². The van der Waals surface area contributed by atoms with Crippen molar-refractivity contribution in [3.05, 3.63) is 111 Å². The van der Waals surface area contributed by atoms with Gasteiger partial charge >= 0.3 is 0 Å². The van der Waals surface area contributed by atoms with Gasteiger partial charge in [0, 0.05) is 32.4 Å². The molecule has 0 saturated carbocycles. The summed E-state index contributed by atoms with van der Waals surface area (Å²) >= 11 is 6.71. The molecule has 0 bridgehead atoms. The molecule has 1 heterocycles. The lowest BCUT2D eigenvalue weighted by Crippen LogP contribution is -2.16. The van der Waals surface area contributed by atoms with E-state index in [-0.39, 0.29) is 27.6 Å². The maximum Gasteiger partial charge on any atom is 0.200 e. The molecule has 0 amide bonds. The predicted molar refractivity (Wildman–Crippen MR) is 177 cm³/mol. The number of azo groups is 1. The van der Waals surface area contributed by atoms with Crippen molar-refractivity contribution in [2.45, 2.75) is 26.7 Å². The molecular formula is C35H33ClN6O3. The molecule has 0 spiro atoms. The Morgan fingerprint density at radius 1 is 1.00 bits per heavy atom. The molecule has 5 rings (SSSR count). The lowest BCUT2D eigenvalue weighted by molar-refractivity contribution is 0.103. The number of nitrogens with one attached hydrogen (secondary N) is 2. The average Bonchev–Trinajstić information content (AvgIpc) is 3.02. The fraction of sp³-hybridized carbons (Fsp3) is 0.229. The van der Waals surface area contributed by atoms with Gasteiger partial charge in [0.2, 0.25) is 0 Å². The molecule has 3 aromatic carbocycles. The maximum atomic E-state index is 13.9. The van der Waals surface area contributed by atoms with E-state index in [1.807, 2.05) is 37.3 Å². The van der Waals surface area contributed by atoms with Crippen LogP contribution in [0.15, 0.2) is 71.4 Å². The number of carbonyl (C=O) groups is 1. The van der Waals surface area contributed by atoms with Crippen LogP contribution in [0.3, 0.4) is 0 Å². The number of nitriles is 1. The van der Waals surface area contributed by atoms with Gasteiger partial charge < -0.3 is 20.5 Å². The van der Waals surface area contributed by atoms with Crippen LogP contribution in [0.25, 0.3) is 5.57 Å². The minimum absolute atomic E-state index is 0.143. The first-order valence-electron chi connectivity index (χ1n) is 14.5. The Morgan fingerprint density at radius 2 is 1.73 bits per heavy atom. The number of pyridine rings is 1. The normalized spacial score (nSPS) is 12.2. The standard InChI is InChI=1S/C35H33ClN6O3/c1-20-18-26(36)32(30-28(20)21(2)24-12-8-13-27(43)29(24)33(30)44)42-41-31-22(3)25(19-37)34(38-15-9-17-45-4)40-35(31)39-16-14-23-10-6-5-7-11-23/h5-8,10-13,18,43H,2,9,14-17H2,1,3-4H3,(H2,38,39,40). The van der Waals surface area contributed by atoms with E-state index in [1.165, 1.54) is 6.07 Å². The first-order valence-corrected chi connectivity index (χ1v) is 14.9. The van der Waals surface area contributed by atoms with E-state index in [0.29, 0.717) is 64.8 Å². The van der Waals surface area contributed by atoms with Gasteiger partial charge in [0.1, 0.15) is 29.0 Å². The molecule has 0 unspecified atom stereocenters. The summed E-state index contributed by atoms with van der Waals surface area (Å²) in [6, 6.07) is 18.9. The first kappa shape index (κ1) is 31.4. The van der Waals surface area contributed by atoms with Crippen LogP contribution in [0, 0.1) is 25.2 Å². The number of anilines is 2. The van der Waals surface area contributed by atoms with Crippen LogP contribution < -0.4 is 10.6 Å². The molecule has 0 aliphatic heterocycles. The molecule has 0 fully saturated rings. The van der Waals surface area contributed by atoms with Crippen LogP contribution in [0.4, 0.5) is 23.0 Å². The Balaban J connectivity index is 1.59. The minimum atomic E-state index is -0.422. The first-order chi connectivity index (χ1) is 21.8. The Kier molecular flexibility index (Phi) is 9.57. The Morgan fingerprint density at radius 3 is 2.47 bits per heavy atom. The van der Waals surface area contributed by atoms with Gasteiger partial charge in [0.15, 0.2) is 11.6 Å². The van der Waals surface area contributed by atoms with Crippen molar-refractivity contribution in [2.75, 3.05) is 37.4 Å². The molecule has 0 saturated heterocycles. The summed E-state index contributed by atoms with van der Waals surface area (Å²) < 4.78 is 5.15. The highest BCUT2D eigenvalue weighted by Crippen LogP contribution is 2.47. The van der Waals surface area contributed by atoms with Crippen molar-refractivity contribution in [3.8, 4) is 11.8 Å². The summed E-state index contributed by atoms with van der Waals surface area (Å²) in [6.07, 6.45) is 1.46. The molecule has 0 atom stereocenters. The number of hydrogen-bond acceptors (Lipinski definition) is 9. The second kappa shape index (κ2) is 13.7. The van der Waals surface area contributed by atoms with E-state index in [1.54, 1.807) is 32.2 Å². The number of carbonyl (C=O) groups excluding carboxylic acids is 1. The molecule has 1 aliphatic carbocycles. The van der Waals surface area contributed by atoms with Gasteiger partial charge in [-0.15, -0.1) is 10.2 Å². The third-order valence-corrected chi connectivity index (χ3v) is 8.01. The second-order valence-corrected chi connectivity index (χ2v) is 11.1. The fourth-order valence-electron chi connectivity index (χ4n) is 5.46. The zero-order chi connectivity index (χ0) is 32.1. The van der Waals surface area contributed by atoms with Crippen molar-refractivity contribution in [2.24, 2.45) is 10.2 Å². The number of hydrogen-bond donors (Lipinski definition) is 3. The van der Waals surface area contributed by atoms with Crippen molar-refractivity contribution in [3.63, 3.8) is 0 Å². The number of nitrogens with zero attached hydrogens (tertiary/aromatic N) is 4. The number of aromatic nitrogens is 1. The van der Waals surface area contributed by atoms with Crippen LogP contribution in [0.5, 0.6) is 5.75 Å². The number of ketones is 1. The second-order valence-electron chi connectivity index (χ2n) is 10.7. The summed E-state index contributed by atoms with van der Waals surface area (Å²) in [7, 11) is 1.64. The van der Waals surface area contributed by atoms with Crippen LogP contribution in [0.2, 0.25) is 5.02 Å². The van der Waals surface area contributed by atoms with E-state index in [9.17, 15) is 15.2 Å². The molecule has 1 aliphatic rings. The van der Waals surface area contributed by atoms with Gasteiger partial charge in [-0.05, 0) is 66.6 Å². The third kappa shape index (κ3) is 6.29. The van der Waals surface area contributed by atoms with Gasteiger partial charge in [-0.2, -0.15) is 5.26 Å². The number of benzene rings is 3. The molecular weight excluding hydrogens is 588 g/mol. The Labute approximate surface area is 267 Å². The summed E-state index contributed by atoms with van der Waals surface area (Å²) in [5.74, 6) is 0.282. The van der Waals surface area contributed by atoms with Crippen molar-refractivity contribution < 1.29 is 14.6 Å². The number of rotatable bonds is 11. The number of fused-ring (bicyclic) bond motifs is 2. The number of aromatic hydroxyl groups is 1. The number of phenolic OH excluding ortho intramolecular Hbond substituents is 1. The average molecular weight is 621 g/mol. The van der Waals surface area contributed by atoms with Gasteiger partial charge in [-0.1, -0.05) is 60.6 Å². The third-order valence-electron chi connectivity index (χ3n) is 7.72. The highest BCUT2D eigenvalue weighted by molar-refractivity contribution is 6.35. The minimum Gasteiger partial charge on any atom is -0.507 e. The van der Waals surface area contributed by atoms with E-state index >= 15 is 0 Å². The van der Waals surface area contributed by atoms with Crippen LogP contribution >= 0.6 is 11.6 Å². The van der Waals surface area contributed by atoms with E-state index in [4.69, 9.17) is 21.3 Å². The lowest BCUT2D eigenvalue weighted by Gasteiger charge is -2.24. The quantitative estimate of drug-likeness (QED) is 0.100. The SMILES string of the molecule is C=C1c2cccc(O)c2C(=O)c2c(N=Nc3c(NCCc4ccccc4)nc(NCCCOC)c(C#N)c3C)c(Cl)cc(C)c21. The fourth-order valence-corrected chi connectivity index (χ4v) is 5.76. The molecule has 45 heavy (non-hydrogen) atoms. The molecule has 9 nitrogen and oxygen atoms in total. The van der Waals surface area contributed by atoms with E-state index in [2.05, 4.69) is 33.5 Å². The number of halogens is 1. The van der Waals surface area contributed by atoms with Gasteiger partial charge in [-0.3, -0.25) is 4.79 Å². The maximum absolute atomic E-state index is 13.9. The summed E-state index contributed by atoms with van der Waals surface area (Å²) in [4.78, 5) is 18.6. The summed E-state index contributed by atoms with van der Waals surface area (Å²) in [6.45, 7) is 9.53. The van der Waals surface area contributed by atoms with E-state index < -0.39 is 5.78 Å². The van der Waals surface area contributed by atoms with E-state index in [0.717, 1.165) is 24.0 Å². The van der Waals surface area contributed by atoms with Crippen molar-refractivity contribution in [1.82, 2.24) is 4.98 Å². The highest BCUT2D eigenvalue weighted by Gasteiger charge is 2.33. The summed E-state index contributed by atoms with van der Waals surface area (Å²) in [5, 5.41) is 36.6. The van der Waals surface area contributed by atoms with Crippen LogP contribution in [-0.4, -0.2) is 42.7 Å². The van der Waals surface area contributed by atoms with Gasteiger partial charge in [-0.25, -0.2) is 4.98 Å². The number of aryl methyl sites for hydroxylation is 1. The molecule has 228 valence electrons. The van der Waals surface area contributed by atoms with Crippen molar-refractivity contribution >= 4 is 46.0 Å². The molecule has 10 heteroatoms. The monoisotopic (exact) mass is 620 g/mol. The lowest BCUT2D eigenvalue weighted by atomic mass is 9.79. The number of phenols is 1. The summed E-state index contributed by atoms with van der Waals surface area (Å²) in [5.41, 5.74) is 5.37. The molecule has 0 radical (unpaired) electrons.